The van der Waals surface area contributed by atoms with Gasteiger partial charge in [-0.2, -0.15) is 0 Å². The SMILES string of the molecule is CCC(C)(C)c1ccc(C(N)CCC(=O)OC)cc1. The van der Waals surface area contributed by atoms with Crippen LogP contribution in [0.4, 0.5) is 0 Å². The number of esters is 1. The van der Waals surface area contributed by atoms with E-state index in [1.807, 2.05) is 0 Å². The van der Waals surface area contributed by atoms with Gasteiger partial charge in [-0.15, -0.1) is 0 Å². The second-order valence-electron chi connectivity index (χ2n) is 5.58. The quantitative estimate of drug-likeness (QED) is 0.801. The lowest BCUT2D eigenvalue weighted by Gasteiger charge is -2.24. The van der Waals surface area contributed by atoms with Gasteiger partial charge in [-0.05, 0) is 29.4 Å². The Kier molecular flexibility index (Phi) is 5.55. The summed E-state index contributed by atoms with van der Waals surface area (Å²) >= 11 is 0. The van der Waals surface area contributed by atoms with Crippen molar-refractivity contribution in [1.29, 1.82) is 0 Å². The Labute approximate surface area is 116 Å². The van der Waals surface area contributed by atoms with E-state index in [0.29, 0.717) is 12.8 Å². The summed E-state index contributed by atoms with van der Waals surface area (Å²) in [6.07, 6.45) is 2.07. The molecule has 0 heterocycles. The molecule has 0 radical (unpaired) electrons. The molecule has 0 saturated heterocycles. The number of methoxy groups -OCH3 is 1. The number of carbonyl (C=O) groups is 1. The van der Waals surface area contributed by atoms with Crippen LogP contribution in [0.3, 0.4) is 0 Å². The minimum absolute atomic E-state index is 0.113. The van der Waals surface area contributed by atoms with Crippen LogP contribution in [0.1, 0.15) is 57.2 Å². The summed E-state index contributed by atoms with van der Waals surface area (Å²) in [5.41, 5.74) is 8.66. The summed E-state index contributed by atoms with van der Waals surface area (Å²) in [5, 5.41) is 0. The Morgan fingerprint density at radius 3 is 2.37 bits per heavy atom. The van der Waals surface area contributed by atoms with Gasteiger partial charge in [0.25, 0.3) is 0 Å². The molecule has 1 aromatic rings. The van der Waals surface area contributed by atoms with E-state index in [9.17, 15) is 4.79 Å². The van der Waals surface area contributed by atoms with Crippen LogP contribution in [0.15, 0.2) is 24.3 Å². The predicted octanol–water partition coefficient (Wildman–Crippen LogP) is 3.33. The maximum atomic E-state index is 11.1. The molecule has 1 atom stereocenters. The molecule has 0 aliphatic rings. The lowest BCUT2D eigenvalue weighted by Crippen LogP contribution is -2.16. The number of hydrogen-bond acceptors (Lipinski definition) is 3. The molecule has 0 amide bonds. The van der Waals surface area contributed by atoms with Gasteiger partial charge >= 0.3 is 5.97 Å². The number of carbonyl (C=O) groups excluding carboxylic acids is 1. The van der Waals surface area contributed by atoms with Gasteiger partial charge in [0.05, 0.1) is 7.11 Å². The van der Waals surface area contributed by atoms with Crippen LogP contribution in [0, 0.1) is 0 Å². The molecule has 0 aromatic heterocycles. The fourth-order valence-electron chi connectivity index (χ4n) is 1.93. The normalized spacial score (nSPS) is 13.1. The van der Waals surface area contributed by atoms with Crippen molar-refractivity contribution in [1.82, 2.24) is 0 Å². The number of nitrogens with two attached hydrogens (primary N) is 1. The third-order valence-corrected chi connectivity index (χ3v) is 3.89. The van der Waals surface area contributed by atoms with Gasteiger partial charge in [0.1, 0.15) is 0 Å². The average molecular weight is 263 g/mol. The van der Waals surface area contributed by atoms with Crippen LogP contribution in [0.25, 0.3) is 0 Å². The Balaban J connectivity index is 2.68. The predicted molar refractivity (Wildman–Crippen MR) is 77.9 cm³/mol. The summed E-state index contributed by atoms with van der Waals surface area (Å²) < 4.78 is 4.62. The van der Waals surface area contributed by atoms with Crippen molar-refractivity contribution >= 4 is 5.97 Å². The summed E-state index contributed by atoms with van der Waals surface area (Å²) in [4.78, 5) is 11.1. The van der Waals surface area contributed by atoms with Crippen molar-refractivity contribution in [3.63, 3.8) is 0 Å². The molecule has 0 aliphatic heterocycles. The second kappa shape index (κ2) is 6.71. The smallest absolute Gasteiger partial charge is 0.305 e. The maximum Gasteiger partial charge on any atom is 0.305 e. The first-order valence-corrected chi connectivity index (χ1v) is 6.83. The van der Waals surface area contributed by atoms with E-state index >= 15 is 0 Å². The summed E-state index contributed by atoms with van der Waals surface area (Å²) in [6, 6.07) is 8.29. The van der Waals surface area contributed by atoms with E-state index in [1.54, 1.807) is 0 Å². The van der Waals surface area contributed by atoms with Gasteiger partial charge in [0, 0.05) is 12.5 Å². The molecule has 19 heavy (non-hydrogen) atoms. The van der Waals surface area contributed by atoms with Crippen molar-refractivity contribution in [2.24, 2.45) is 5.73 Å². The van der Waals surface area contributed by atoms with Gasteiger partial charge in [-0.25, -0.2) is 0 Å². The number of rotatable bonds is 6. The zero-order valence-electron chi connectivity index (χ0n) is 12.4. The standard InChI is InChI=1S/C16H25NO2/c1-5-16(2,3)13-8-6-12(7-9-13)14(17)10-11-15(18)19-4/h6-9,14H,5,10-11,17H2,1-4H3. The Bertz CT molecular complexity index is 409. The molecule has 1 unspecified atom stereocenters. The highest BCUT2D eigenvalue weighted by Crippen LogP contribution is 2.28. The van der Waals surface area contributed by atoms with Gasteiger partial charge in [0.2, 0.25) is 0 Å². The third-order valence-electron chi connectivity index (χ3n) is 3.89. The molecule has 1 aromatic carbocycles. The van der Waals surface area contributed by atoms with Gasteiger partial charge in [-0.3, -0.25) is 4.79 Å². The van der Waals surface area contributed by atoms with Crippen molar-refractivity contribution in [3.05, 3.63) is 35.4 Å². The van der Waals surface area contributed by atoms with Crippen LogP contribution < -0.4 is 5.73 Å². The van der Waals surface area contributed by atoms with Crippen LogP contribution in [0.5, 0.6) is 0 Å². The molecule has 3 heteroatoms. The molecule has 0 spiro atoms. The van der Waals surface area contributed by atoms with Crippen LogP contribution in [-0.2, 0) is 14.9 Å². The Morgan fingerprint density at radius 1 is 1.32 bits per heavy atom. The minimum Gasteiger partial charge on any atom is -0.469 e. The Hall–Kier alpha value is -1.35. The highest BCUT2D eigenvalue weighted by atomic mass is 16.5. The molecule has 0 aliphatic carbocycles. The fourth-order valence-corrected chi connectivity index (χ4v) is 1.93. The minimum atomic E-state index is -0.209. The number of hydrogen-bond donors (Lipinski definition) is 1. The monoisotopic (exact) mass is 263 g/mol. The van der Waals surface area contributed by atoms with Crippen molar-refractivity contribution < 1.29 is 9.53 Å². The molecule has 2 N–H and O–H groups in total. The second-order valence-corrected chi connectivity index (χ2v) is 5.58. The third kappa shape index (κ3) is 4.35. The van der Waals surface area contributed by atoms with Crippen LogP contribution >= 0.6 is 0 Å². The van der Waals surface area contributed by atoms with Crippen LogP contribution in [0.2, 0.25) is 0 Å². The first-order chi connectivity index (χ1) is 8.90. The van der Waals surface area contributed by atoms with E-state index < -0.39 is 0 Å². The zero-order valence-corrected chi connectivity index (χ0v) is 12.4. The topological polar surface area (TPSA) is 52.3 Å². The van der Waals surface area contributed by atoms with E-state index in [1.165, 1.54) is 12.7 Å². The summed E-state index contributed by atoms with van der Waals surface area (Å²) in [6.45, 7) is 6.66. The number of ether oxygens (including phenoxy) is 1. The van der Waals surface area contributed by atoms with Gasteiger partial charge in [0.15, 0.2) is 0 Å². The molecular weight excluding hydrogens is 238 g/mol. The molecule has 0 bridgehead atoms. The summed E-state index contributed by atoms with van der Waals surface area (Å²) in [7, 11) is 1.40. The number of benzene rings is 1. The molecule has 106 valence electrons. The van der Waals surface area contributed by atoms with Gasteiger partial charge in [-0.1, -0.05) is 45.0 Å². The highest BCUT2D eigenvalue weighted by Gasteiger charge is 2.18. The molecule has 0 fully saturated rings. The first-order valence-electron chi connectivity index (χ1n) is 6.83. The van der Waals surface area contributed by atoms with Crippen molar-refractivity contribution in [3.8, 4) is 0 Å². The van der Waals surface area contributed by atoms with Crippen LogP contribution in [-0.4, -0.2) is 13.1 Å². The molecule has 1 rings (SSSR count). The summed E-state index contributed by atoms with van der Waals surface area (Å²) in [5.74, 6) is -0.209. The largest absolute Gasteiger partial charge is 0.469 e. The lowest BCUT2D eigenvalue weighted by molar-refractivity contribution is -0.140. The average Bonchev–Trinajstić information content (AvgIpc) is 2.44. The lowest BCUT2D eigenvalue weighted by atomic mass is 9.81. The highest BCUT2D eigenvalue weighted by molar-refractivity contribution is 5.69. The van der Waals surface area contributed by atoms with E-state index in [0.717, 1.165) is 12.0 Å². The van der Waals surface area contributed by atoms with E-state index in [2.05, 4.69) is 49.8 Å². The van der Waals surface area contributed by atoms with Crippen molar-refractivity contribution in [2.75, 3.05) is 7.11 Å². The first kappa shape index (κ1) is 15.7. The van der Waals surface area contributed by atoms with E-state index in [-0.39, 0.29) is 17.4 Å². The molecular formula is C16H25NO2. The fraction of sp³-hybridized carbons (Fsp3) is 0.562. The zero-order chi connectivity index (χ0) is 14.5. The Morgan fingerprint density at radius 2 is 1.89 bits per heavy atom. The van der Waals surface area contributed by atoms with Crippen molar-refractivity contribution in [2.45, 2.75) is 51.5 Å². The molecule has 0 saturated carbocycles. The van der Waals surface area contributed by atoms with Gasteiger partial charge < -0.3 is 10.5 Å². The molecule has 3 nitrogen and oxygen atoms in total. The van der Waals surface area contributed by atoms with E-state index in [4.69, 9.17) is 5.73 Å². The maximum absolute atomic E-state index is 11.1.